The molecule has 0 aliphatic carbocycles. The topological polar surface area (TPSA) is 110 Å². The minimum Gasteiger partial charge on any atom is -0.444 e. The lowest BCUT2D eigenvalue weighted by Crippen LogP contribution is -2.46. The second-order valence-electron chi connectivity index (χ2n) is 9.57. The number of alkyl carbamates (subject to hydrolysis) is 1. The highest BCUT2D eigenvalue weighted by Gasteiger charge is 2.27. The third-order valence-electron chi connectivity index (χ3n) is 4.18. The van der Waals surface area contributed by atoms with Gasteiger partial charge in [0.25, 0.3) is 5.91 Å². The maximum absolute atomic E-state index is 13.2. The monoisotopic (exact) mass is 440 g/mol. The second kappa shape index (κ2) is 10.3. The molecule has 1 unspecified atom stereocenters. The molecule has 172 valence electrons. The van der Waals surface area contributed by atoms with Crippen LogP contribution < -0.4 is 10.6 Å². The zero-order valence-corrected chi connectivity index (χ0v) is 19.6. The third-order valence-corrected chi connectivity index (χ3v) is 4.18. The van der Waals surface area contributed by atoms with Crippen LogP contribution in [0, 0.1) is 0 Å². The Labute approximate surface area is 189 Å². The van der Waals surface area contributed by atoms with E-state index in [-0.39, 0.29) is 24.5 Å². The van der Waals surface area contributed by atoms with Gasteiger partial charge >= 0.3 is 6.09 Å². The standard InChI is InChI=1S/C24H32N4O4/c1-23(2,3)28-21(30)17-11-9-13-26-18(17)15-20(29)19(14-16-10-7-8-12-25-16)27-22(31)32-24(4,5)6/h7-13,19H,14-15H2,1-6H3,(H,27,31)(H,28,30). The Morgan fingerprint density at radius 3 is 2.25 bits per heavy atom. The largest absolute Gasteiger partial charge is 0.444 e. The highest BCUT2D eigenvalue weighted by molar-refractivity contribution is 5.98. The fraction of sp³-hybridized carbons (Fsp3) is 0.458. The summed E-state index contributed by atoms with van der Waals surface area (Å²) in [6.07, 6.45) is 2.53. The molecule has 8 nitrogen and oxygen atoms in total. The number of aromatic nitrogens is 2. The first-order valence-electron chi connectivity index (χ1n) is 10.5. The molecule has 0 aliphatic heterocycles. The lowest BCUT2D eigenvalue weighted by atomic mass is 9.99. The minimum atomic E-state index is -0.889. The Hall–Kier alpha value is -3.29. The van der Waals surface area contributed by atoms with Crippen LogP contribution in [0.25, 0.3) is 0 Å². The number of carbonyl (C=O) groups excluding carboxylic acids is 3. The molecule has 2 rings (SSSR count). The molecule has 0 aliphatic rings. The average molecular weight is 441 g/mol. The molecule has 32 heavy (non-hydrogen) atoms. The van der Waals surface area contributed by atoms with Gasteiger partial charge in [-0.25, -0.2) is 4.79 Å². The summed E-state index contributed by atoms with van der Waals surface area (Å²) in [5.74, 6) is -0.611. The molecule has 0 spiro atoms. The molecule has 2 aromatic heterocycles. The van der Waals surface area contributed by atoms with Crippen molar-refractivity contribution in [1.82, 2.24) is 20.6 Å². The van der Waals surface area contributed by atoms with Crippen molar-refractivity contribution in [2.45, 2.75) is 71.6 Å². The summed E-state index contributed by atoms with van der Waals surface area (Å²) in [5, 5.41) is 5.54. The van der Waals surface area contributed by atoms with Gasteiger partial charge in [-0.2, -0.15) is 0 Å². The Morgan fingerprint density at radius 2 is 1.66 bits per heavy atom. The SMILES string of the molecule is CC(C)(C)NC(=O)c1cccnc1CC(=O)C(Cc1ccccn1)NC(=O)OC(C)(C)C. The molecule has 8 heteroatoms. The first kappa shape index (κ1) is 25.0. The van der Waals surface area contributed by atoms with Crippen molar-refractivity contribution >= 4 is 17.8 Å². The van der Waals surface area contributed by atoms with Crippen LogP contribution in [0.3, 0.4) is 0 Å². The molecule has 2 heterocycles. The molecule has 0 aromatic carbocycles. The van der Waals surface area contributed by atoms with E-state index in [9.17, 15) is 14.4 Å². The number of nitrogens with one attached hydrogen (secondary N) is 2. The van der Waals surface area contributed by atoms with E-state index in [1.807, 2.05) is 26.8 Å². The number of carbonyl (C=O) groups is 3. The van der Waals surface area contributed by atoms with Crippen molar-refractivity contribution in [3.05, 3.63) is 59.7 Å². The van der Waals surface area contributed by atoms with Crippen molar-refractivity contribution in [2.24, 2.45) is 0 Å². The Balaban J connectivity index is 2.24. The fourth-order valence-corrected chi connectivity index (χ4v) is 2.90. The van der Waals surface area contributed by atoms with Crippen molar-refractivity contribution < 1.29 is 19.1 Å². The van der Waals surface area contributed by atoms with Gasteiger partial charge in [0.1, 0.15) is 5.60 Å². The number of nitrogens with zero attached hydrogens (tertiary/aromatic N) is 2. The van der Waals surface area contributed by atoms with Crippen LogP contribution >= 0.6 is 0 Å². The average Bonchev–Trinajstić information content (AvgIpc) is 2.66. The summed E-state index contributed by atoms with van der Waals surface area (Å²) in [6.45, 7) is 10.9. The van der Waals surface area contributed by atoms with E-state index in [2.05, 4.69) is 20.6 Å². The molecule has 0 saturated carbocycles. The minimum absolute atomic E-state index is 0.124. The van der Waals surface area contributed by atoms with Crippen molar-refractivity contribution in [2.75, 3.05) is 0 Å². The van der Waals surface area contributed by atoms with Crippen LogP contribution in [-0.4, -0.2) is 44.9 Å². The first-order chi connectivity index (χ1) is 14.8. The van der Waals surface area contributed by atoms with Gasteiger partial charge in [0, 0.05) is 30.0 Å². The predicted octanol–water partition coefficient (Wildman–Crippen LogP) is 3.25. The normalized spacial score (nSPS) is 12.6. The van der Waals surface area contributed by atoms with Crippen molar-refractivity contribution in [3.63, 3.8) is 0 Å². The summed E-state index contributed by atoms with van der Waals surface area (Å²) >= 11 is 0. The number of hydrogen-bond donors (Lipinski definition) is 2. The third kappa shape index (κ3) is 8.45. The Bertz CT molecular complexity index is 946. The van der Waals surface area contributed by atoms with E-state index in [1.165, 1.54) is 6.20 Å². The van der Waals surface area contributed by atoms with Crippen LogP contribution in [-0.2, 0) is 22.4 Å². The van der Waals surface area contributed by atoms with E-state index >= 15 is 0 Å². The van der Waals surface area contributed by atoms with Gasteiger partial charge in [0.05, 0.1) is 23.7 Å². The summed E-state index contributed by atoms with van der Waals surface area (Å²) < 4.78 is 5.32. The summed E-state index contributed by atoms with van der Waals surface area (Å²) in [6, 6.07) is 7.75. The number of rotatable bonds is 7. The predicted molar refractivity (Wildman–Crippen MR) is 121 cm³/mol. The number of ketones is 1. The Morgan fingerprint density at radius 1 is 0.969 bits per heavy atom. The van der Waals surface area contributed by atoms with Gasteiger partial charge in [-0.3, -0.25) is 19.6 Å². The van der Waals surface area contributed by atoms with Crippen molar-refractivity contribution in [3.8, 4) is 0 Å². The Kier molecular flexibility index (Phi) is 8.08. The molecule has 2 N–H and O–H groups in total. The summed E-state index contributed by atoms with van der Waals surface area (Å²) in [4.78, 5) is 46.8. The van der Waals surface area contributed by atoms with E-state index in [1.54, 1.807) is 51.2 Å². The van der Waals surface area contributed by atoms with E-state index < -0.39 is 23.3 Å². The quantitative estimate of drug-likeness (QED) is 0.684. The van der Waals surface area contributed by atoms with Crippen LogP contribution in [0.15, 0.2) is 42.7 Å². The lowest BCUT2D eigenvalue weighted by Gasteiger charge is -2.23. The first-order valence-corrected chi connectivity index (χ1v) is 10.5. The molecule has 0 bridgehead atoms. The molecule has 2 aromatic rings. The van der Waals surface area contributed by atoms with Gasteiger partial charge < -0.3 is 15.4 Å². The van der Waals surface area contributed by atoms with Crippen LogP contribution in [0.4, 0.5) is 4.79 Å². The van der Waals surface area contributed by atoms with E-state index in [4.69, 9.17) is 4.74 Å². The van der Waals surface area contributed by atoms with Gasteiger partial charge in [-0.05, 0) is 65.8 Å². The van der Waals surface area contributed by atoms with Crippen LogP contribution in [0.5, 0.6) is 0 Å². The zero-order chi connectivity index (χ0) is 23.9. The molecule has 0 radical (unpaired) electrons. The molecule has 2 amide bonds. The van der Waals surface area contributed by atoms with Gasteiger partial charge in [-0.1, -0.05) is 6.07 Å². The number of hydrogen-bond acceptors (Lipinski definition) is 6. The van der Waals surface area contributed by atoms with Crippen LogP contribution in [0.2, 0.25) is 0 Å². The smallest absolute Gasteiger partial charge is 0.408 e. The van der Waals surface area contributed by atoms with Crippen LogP contribution in [0.1, 0.15) is 63.3 Å². The molecule has 0 fully saturated rings. The summed E-state index contributed by atoms with van der Waals surface area (Å²) in [5.41, 5.74) is 0.171. The zero-order valence-electron chi connectivity index (χ0n) is 19.6. The highest BCUT2D eigenvalue weighted by Crippen LogP contribution is 2.13. The second-order valence-corrected chi connectivity index (χ2v) is 9.57. The molecule has 1 atom stereocenters. The maximum Gasteiger partial charge on any atom is 0.408 e. The van der Waals surface area contributed by atoms with Crippen molar-refractivity contribution in [1.29, 1.82) is 0 Å². The number of amides is 2. The molecular weight excluding hydrogens is 408 g/mol. The molecule has 0 saturated heterocycles. The van der Waals surface area contributed by atoms with Gasteiger partial charge in [0.2, 0.25) is 0 Å². The van der Waals surface area contributed by atoms with Gasteiger partial charge in [-0.15, -0.1) is 0 Å². The lowest BCUT2D eigenvalue weighted by molar-refractivity contribution is -0.120. The fourth-order valence-electron chi connectivity index (χ4n) is 2.90. The summed E-state index contributed by atoms with van der Waals surface area (Å²) in [7, 11) is 0. The maximum atomic E-state index is 13.2. The van der Waals surface area contributed by atoms with E-state index in [0.717, 1.165) is 0 Å². The van der Waals surface area contributed by atoms with E-state index in [0.29, 0.717) is 17.0 Å². The highest BCUT2D eigenvalue weighted by atomic mass is 16.6. The number of pyridine rings is 2. The molecular formula is C24H32N4O4. The van der Waals surface area contributed by atoms with Gasteiger partial charge in [0.15, 0.2) is 5.78 Å². The number of ether oxygens (including phenoxy) is 1. The number of Topliss-reactive ketones (excluding diaryl/α,β-unsaturated/α-hetero) is 1.